The van der Waals surface area contributed by atoms with Gasteiger partial charge in [-0.1, -0.05) is 12.1 Å². The van der Waals surface area contributed by atoms with Crippen molar-refractivity contribution in [1.29, 1.82) is 0 Å². The van der Waals surface area contributed by atoms with Crippen LogP contribution in [-0.2, 0) is 25.9 Å². The van der Waals surface area contributed by atoms with Crippen LogP contribution in [0.25, 0.3) is 22.6 Å². The molecule has 0 radical (unpaired) electrons. The Morgan fingerprint density at radius 2 is 1.94 bits per heavy atom. The predicted molar refractivity (Wildman–Crippen MR) is 123 cm³/mol. The molecule has 2 aromatic heterocycles. The number of benzene rings is 1. The molecule has 0 bridgehead atoms. The number of H-pyrrole nitrogens is 1. The third-order valence-corrected chi connectivity index (χ3v) is 6.71. The Morgan fingerprint density at radius 3 is 2.61 bits per heavy atom. The fourth-order valence-corrected chi connectivity index (χ4v) is 4.20. The van der Waals surface area contributed by atoms with E-state index in [-0.39, 0.29) is 17.4 Å². The van der Waals surface area contributed by atoms with Crippen molar-refractivity contribution in [3.8, 4) is 22.6 Å². The highest BCUT2D eigenvalue weighted by molar-refractivity contribution is 9.10. The van der Waals surface area contributed by atoms with E-state index in [0.717, 1.165) is 27.1 Å². The van der Waals surface area contributed by atoms with Crippen molar-refractivity contribution in [1.82, 2.24) is 19.7 Å². The number of aromatic amines is 1. The van der Waals surface area contributed by atoms with Crippen molar-refractivity contribution >= 4 is 31.7 Å². The SMILES string of the molecule is Cc1nn(CC(=O)OCCN(C)C)c(-c2ccc(-c3cccc(S(C)(=O)=O)c3)[nH]2)c1Br. The molecule has 0 spiro atoms. The van der Waals surface area contributed by atoms with Crippen molar-refractivity contribution in [2.45, 2.75) is 18.4 Å². The van der Waals surface area contributed by atoms with Gasteiger partial charge in [-0.3, -0.25) is 9.48 Å². The summed E-state index contributed by atoms with van der Waals surface area (Å²) < 4.78 is 31.4. The summed E-state index contributed by atoms with van der Waals surface area (Å²) in [5.41, 5.74) is 3.70. The van der Waals surface area contributed by atoms with E-state index in [1.165, 1.54) is 6.26 Å². The van der Waals surface area contributed by atoms with Crippen LogP contribution in [0.3, 0.4) is 0 Å². The molecular weight excluding hydrogens is 484 g/mol. The molecule has 0 aliphatic rings. The zero-order chi connectivity index (χ0) is 22.8. The van der Waals surface area contributed by atoms with Gasteiger partial charge in [0.1, 0.15) is 13.2 Å². The number of esters is 1. The summed E-state index contributed by atoms with van der Waals surface area (Å²) in [6.07, 6.45) is 1.18. The van der Waals surface area contributed by atoms with E-state index in [2.05, 4.69) is 26.0 Å². The van der Waals surface area contributed by atoms with Gasteiger partial charge >= 0.3 is 5.97 Å². The Balaban J connectivity index is 1.88. The predicted octanol–water partition coefficient (Wildman–Crippen LogP) is 3.12. The first-order chi connectivity index (χ1) is 14.6. The van der Waals surface area contributed by atoms with Gasteiger partial charge in [-0.2, -0.15) is 5.10 Å². The molecule has 1 N–H and O–H groups in total. The Morgan fingerprint density at radius 1 is 1.23 bits per heavy atom. The fourth-order valence-electron chi connectivity index (χ4n) is 3.04. The van der Waals surface area contributed by atoms with Crippen LogP contribution < -0.4 is 0 Å². The van der Waals surface area contributed by atoms with Crippen molar-refractivity contribution in [3.05, 3.63) is 46.6 Å². The molecule has 0 aliphatic heterocycles. The average Bonchev–Trinajstić information content (AvgIpc) is 3.26. The maximum atomic E-state index is 12.3. The average molecular weight is 509 g/mol. The summed E-state index contributed by atoms with van der Waals surface area (Å²) in [6, 6.07) is 10.5. The number of sulfone groups is 1. The van der Waals surface area contributed by atoms with Gasteiger partial charge in [-0.05, 0) is 66.8 Å². The van der Waals surface area contributed by atoms with Crippen LogP contribution in [-0.4, -0.2) is 67.6 Å². The van der Waals surface area contributed by atoms with Crippen molar-refractivity contribution in [2.24, 2.45) is 0 Å². The summed E-state index contributed by atoms with van der Waals surface area (Å²) in [6.45, 7) is 2.78. The standard InChI is InChI=1S/C21H25BrN4O4S/c1-14-20(22)21(26(24-14)13-19(27)30-11-10-25(2)3)18-9-8-17(23-18)15-6-5-7-16(12-15)31(4,28)29/h5-9,12,23H,10-11,13H2,1-4H3. The van der Waals surface area contributed by atoms with Gasteiger partial charge in [-0.25, -0.2) is 8.42 Å². The molecule has 0 amide bonds. The Hall–Kier alpha value is -2.43. The van der Waals surface area contributed by atoms with Gasteiger partial charge in [0.2, 0.25) is 0 Å². The monoisotopic (exact) mass is 508 g/mol. The van der Waals surface area contributed by atoms with Crippen LogP contribution in [0.4, 0.5) is 0 Å². The van der Waals surface area contributed by atoms with E-state index in [1.807, 2.05) is 44.1 Å². The molecule has 3 aromatic rings. The van der Waals surface area contributed by atoms with Crippen molar-refractivity contribution in [3.63, 3.8) is 0 Å². The summed E-state index contributed by atoms with van der Waals surface area (Å²) in [4.78, 5) is 17.8. The van der Waals surface area contributed by atoms with E-state index in [1.54, 1.807) is 22.9 Å². The van der Waals surface area contributed by atoms with Crippen LogP contribution in [0.15, 0.2) is 45.8 Å². The lowest BCUT2D eigenvalue weighted by molar-refractivity contribution is -0.144. The molecule has 8 nitrogen and oxygen atoms in total. The molecule has 0 aliphatic carbocycles. The second-order valence-corrected chi connectivity index (χ2v) is 10.3. The van der Waals surface area contributed by atoms with Gasteiger partial charge in [0.15, 0.2) is 9.84 Å². The Labute approximate surface area is 190 Å². The fraction of sp³-hybridized carbons (Fsp3) is 0.333. The number of nitrogens with one attached hydrogen (secondary N) is 1. The van der Waals surface area contributed by atoms with E-state index in [0.29, 0.717) is 18.8 Å². The summed E-state index contributed by atoms with van der Waals surface area (Å²) in [5.74, 6) is -0.370. The quantitative estimate of drug-likeness (QED) is 0.469. The zero-order valence-corrected chi connectivity index (χ0v) is 20.2. The largest absolute Gasteiger partial charge is 0.463 e. The third-order valence-electron chi connectivity index (χ3n) is 4.65. The molecule has 10 heteroatoms. The minimum Gasteiger partial charge on any atom is -0.463 e. The number of aryl methyl sites for hydroxylation is 1. The number of halogens is 1. The third kappa shape index (κ3) is 5.63. The molecule has 2 heterocycles. The number of nitrogens with zero attached hydrogens (tertiary/aromatic N) is 3. The van der Waals surface area contributed by atoms with Crippen molar-refractivity contribution in [2.75, 3.05) is 33.5 Å². The molecule has 0 fully saturated rings. The second-order valence-electron chi connectivity index (χ2n) is 7.52. The number of ether oxygens (including phenoxy) is 1. The second kappa shape index (κ2) is 9.37. The highest BCUT2D eigenvalue weighted by Crippen LogP contribution is 2.32. The van der Waals surface area contributed by atoms with E-state index >= 15 is 0 Å². The number of likely N-dealkylation sites (N-methyl/N-ethyl adjacent to an activating group) is 1. The first kappa shape index (κ1) is 23.2. The van der Waals surface area contributed by atoms with E-state index in [9.17, 15) is 13.2 Å². The van der Waals surface area contributed by atoms with Gasteiger partial charge in [0, 0.05) is 18.5 Å². The van der Waals surface area contributed by atoms with Gasteiger partial charge in [-0.15, -0.1) is 0 Å². The molecule has 0 saturated carbocycles. The number of aromatic nitrogens is 3. The molecule has 31 heavy (non-hydrogen) atoms. The molecule has 3 rings (SSSR count). The summed E-state index contributed by atoms with van der Waals surface area (Å²) in [5, 5.41) is 4.46. The summed E-state index contributed by atoms with van der Waals surface area (Å²) >= 11 is 3.56. The number of carbonyl (C=O) groups is 1. The van der Waals surface area contributed by atoms with Crippen LogP contribution in [0.5, 0.6) is 0 Å². The smallest absolute Gasteiger partial charge is 0.327 e. The minimum absolute atomic E-state index is 0.0207. The number of carbonyl (C=O) groups excluding carboxylic acids is 1. The first-order valence-corrected chi connectivity index (χ1v) is 12.3. The maximum Gasteiger partial charge on any atom is 0.327 e. The normalized spacial score (nSPS) is 11.8. The highest BCUT2D eigenvalue weighted by Gasteiger charge is 2.19. The lowest BCUT2D eigenvalue weighted by atomic mass is 10.2. The maximum absolute atomic E-state index is 12.3. The van der Waals surface area contributed by atoms with Crippen molar-refractivity contribution < 1.29 is 17.9 Å². The Kier molecular flexibility index (Phi) is 7.03. The number of hydrogen-bond acceptors (Lipinski definition) is 6. The zero-order valence-electron chi connectivity index (χ0n) is 17.8. The summed E-state index contributed by atoms with van der Waals surface area (Å²) in [7, 11) is 0.517. The van der Waals surface area contributed by atoms with Crippen LogP contribution in [0.2, 0.25) is 0 Å². The van der Waals surface area contributed by atoms with Crippen LogP contribution in [0.1, 0.15) is 5.69 Å². The molecule has 0 atom stereocenters. The van der Waals surface area contributed by atoms with Gasteiger partial charge in [0.25, 0.3) is 0 Å². The molecule has 1 aromatic carbocycles. The van der Waals surface area contributed by atoms with E-state index in [4.69, 9.17) is 4.74 Å². The topological polar surface area (TPSA) is 97.3 Å². The lowest BCUT2D eigenvalue weighted by Crippen LogP contribution is -2.22. The van der Waals surface area contributed by atoms with Gasteiger partial charge in [0.05, 0.1) is 26.4 Å². The minimum atomic E-state index is -3.31. The molecule has 166 valence electrons. The Bertz CT molecular complexity index is 1200. The highest BCUT2D eigenvalue weighted by atomic mass is 79.9. The first-order valence-electron chi connectivity index (χ1n) is 9.59. The molecule has 0 saturated heterocycles. The van der Waals surface area contributed by atoms with Crippen LogP contribution in [0, 0.1) is 6.92 Å². The molecular formula is C21H25BrN4O4S. The van der Waals surface area contributed by atoms with Gasteiger partial charge < -0.3 is 14.6 Å². The molecule has 0 unspecified atom stereocenters. The number of hydrogen-bond donors (Lipinski definition) is 1. The lowest BCUT2D eigenvalue weighted by Gasteiger charge is -2.11. The van der Waals surface area contributed by atoms with Crippen LogP contribution >= 0.6 is 15.9 Å². The van der Waals surface area contributed by atoms with E-state index < -0.39 is 9.84 Å². The number of rotatable bonds is 8.